The monoisotopic (exact) mass is 380 g/mol. The molecule has 0 fully saturated rings. The van der Waals surface area contributed by atoms with Gasteiger partial charge in [-0.3, -0.25) is 5.10 Å². The fourth-order valence-electron chi connectivity index (χ4n) is 2.53. The summed E-state index contributed by atoms with van der Waals surface area (Å²) in [5, 5.41) is 11.7. The fourth-order valence-corrected chi connectivity index (χ4v) is 2.53. The summed E-state index contributed by atoms with van der Waals surface area (Å²) >= 11 is 0. The van der Waals surface area contributed by atoms with Crippen molar-refractivity contribution in [1.29, 1.82) is 0 Å². The van der Waals surface area contributed by atoms with Gasteiger partial charge in [-0.15, -0.1) is 5.10 Å². The van der Waals surface area contributed by atoms with Gasteiger partial charge in [-0.2, -0.15) is 13.9 Å². The maximum absolute atomic E-state index is 12.9. The van der Waals surface area contributed by atoms with Crippen molar-refractivity contribution in [2.45, 2.75) is 19.0 Å². The molecule has 0 aliphatic heterocycles. The molecule has 0 atom stereocenters. The van der Waals surface area contributed by atoms with Gasteiger partial charge >= 0.3 is 12.3 Å². The van der Waals surface area contributed by atoms with Gasteiger partial charge in [0.1, 0.15) is 12.9 Å². The third-order valence-corrected chi connectivity index (χ3v) is 3.86. The molecule has 0 radical (unpaired) electrons. The molecule has 0 unspecified atom stereocenters. The third kappa shape index (κ3) is 3.33. The predicted octanol–water partition coefficient (Wildman–Crippen LogP) is 3.08. The zero-order chi connectivity index (χ0) is 19.0. The Morgan fingerprint density at radius 3 is 2.93 bits per heavy atom. The number of rotatable bonds is 6. The van der Waals surface area contributed by atoms with Crippen LogP contribution in [0.25, 0.3) is 28.1 Å². The van der Waals surface area contributed by atoms with Gasteiger partial charge in [0.05, 0.1) is 18.2 Å². The molecule has 4 aromatic rings. The highest BCUT2D eigenvalue weighted by Crippen LogP contribution is 2.24. The van der Waals surface area contributed by atoms with E-state index in [1.54, 1.807) is 30.5 Å². The van der Waals surface area contributed by atoms with Crippen LogP contribution in [0, 0.1) is 0 Å². The van der Waals surface area contributed by atoms with Crippen LogP contribution >= 0.6 is 0 Å². The Balaban J connectivity index is 1.56. The van der Waals surface area contributed by atoms with Crippen LogP contribution in [0.1, 0.15) is 5.56 Å². The molecule has 1 N–H and O–H groups in total. The second-order valence-electron chi connectivity index (χ2n) is 5.84. The van der Waals surface area contributed by atoms with Crippen LogP contribution in [0.4, 0.5) is 17.6 Å². The van der Waals surface area contributed by atoms with Crippen LogP contribution in [0.15, 0.2) is 36.8 Å². The highest BCUT2D eigenvalue weighted by molar-refractivity contribution is 5.88. The zero-order valence-electron chi connectivity index (χ0n) is 13.6. The molecule has 0 saturated heterocycles. The number of hydrogen-bond donors (Lipinski definition) is 1. The Kier molecular flexibility index (Phi) is 4.22. The van der Waals surface area contributed by atoms with Crippen molar-refractivity contribution < 1.29 is 22.3 Å². The molecule has 3 aromatic heterocycles. The van der Waals surface area contributed by atoms with E-state index in [-0.39, 0.29) is 6.61 Å². The number of nitrogens with one attached hydrogen (secondary N) is 1. The van der Waals surface area contributed by atoms with Crippen molar-refractivity contribution in [2.24, 2.45) is 0 Å². The topological polar surface area (TPSA) is 81.0 Å². The number of H-pyrrole nitrogens is 1. The van der Waals surface area contributed by atoms with Gasteiger partial charge in [-0.25, -0.2) is 23.3 Å². The summed E-state index contributed by atoms with van der Waals surface area (Å²) in [6.07, 6.45) is -0.686. The van der Waals surface area contributed by atoms with E-state index < -0.39 is 19.0 Å². The van der Waals surface area contributed by atoms with Gasteiger partial charge in [0.15, 0.2) is 17.1 Å². The van der Waals surface area contributed by atoms with Crippen LogP contribution < -0.4 is 0 Å². The molecular formula is C16H12F4N6O. The average molecular weight is 380 g/mol. The largest absolute Gasteiger partial charge is 0.370 e. The number of ether oxygens (including phenoxy) is 1. The Bertz CT molecular complexity index is 1090. The highest BCUT2D eigenvalue weighted by Gasteiger charge is 2.40. The summed E-state index contributed by atoms with van der Waals surface area (Å²) in [5.41, 5.74) is 2.28. The number of benzene rings is 1. The first kappa shape index (κ1) is 17.3. The van der Waals surface area contributed by atoms with Gasteiger partial charge in [0.25, 0.3) is 0 Å². The van der Waals surface area contributed by atoms with E-state index >= 15 is 0 Å². The molecular weight excluding hydrogens is 368 g/mol. The zero-order valence-corrected chi connectivity index (χ0v) is 13.6. The van der Waals surface area contributed by atoms with E-state index in [0.717, 1.165) is 0 Å². The standard InChI is InChI=1S/C16H12F4N6O/c17-15(18)16(19,20)7-27-6-9-2-1-3-10(4-9)12-23-14-11-5-22-24-13(11)21-8-26(14)25-12/h1-5,8,15H,6-7H2,(H,22,24). The van der Waals surface area contributed by atoms with Crippen molar-refractivity contribution in [1.82, 2.24) is 29.8 Å². The molecule has 0 amide bonds. The molecule has 140 valence electrons. The summed E-state index contributed by atoms with van der Waals surface area (Å²) in [6.45, 7) is -1.59. The van der Waals surface area contributed by atoms with Crippen molar-refractivity contribution in [3.63, 3.8) is 0 Å². The highest BCUT2D eigenvalue weighted by atomic mass is 19.3. The number of aromatic nitrogens is 6. The fraction of sp³-hybridized carbons (Fsp3) is 0.250. The van der Waals surface area contributed by atoms with Gasteiger partial charge in [0.2, 0.25) is 0 Å². The quantitative estimate of drug-likeness (QED) is 0.520. The first-order chi connectivity index (χ1) is 12.9. The normalized spacial score (nSPS) is 12.5. The Labute approximate surface area is 149 Å². The van der Waals surface area contributed by atoms with Crippen LogP contribution in [0.2, 0.25) is 0 Å². The number of halogens is 4. The summed E-state index contributed by atoms with van der Waals surface area (Å²) in [6, 6.07) is 6.70. The second kappa shape index (κ2) is 6.58. The Morgan fingerprint density at radius 2 is 2.11 bits per heavy atom. The number of nitrogens with zero attached hydrogens (tertiary/aromatic N) is 5. The molecule has 4 rings (SSSR count). The van der Waals surface area contributed by atoms with Crippen LogP contribution in [-0.4, -0.2) is 48.7 Å². The van der Waals surface area contributed by atoms with E-state index in [2.05, 4.69) is 25.3 Å². The van der Waals surface area contributed by atoms with Crippen LogP contribution in [0.3, 0.4) is 0 Å². The molecule has 0 aliphatic rings. The molecule has 0 bridgehead atoms. The smallest absolute Gasteiger partial charge is 0.330 e. The van der Waals surface area contributed by atoms with Gasteiger partial charge in [0, 0.05) is 5.56 Å². The number of fused-ring (bicyclic) bond motifs is 3. The van der Waals surface area contributed by atoms with Crippen molar-refractivity contribution in [3.8, 4) is 11.4 Å². The Hall–Kier alpha value is -3.08. The number of aromatic amines is 1. The number of hydrogen-bond acceptors (Lipinski definition) is 5. The van der Waals surface area contributed by atoms with Gasteiger partial charge in [-0.1, -0.05) is 18.2 Å². The van der Waals surface area contributed by atoms with E-state index in [1.165, 1.54) is 10.8 Å². The lowest BCUT2D eigenvalue weighted by molar-refractivity contribution is -0.168. The molecule has 3 heterocycles. The lowest BCUT2D eigenvalue weighted by Crippen LogP contribution is -2.32. The second-order valence-corrected chi connectivity index (χ2v) is 5.84. The van der Waals surface area contributed by atoms with E-state index in [9.17, 15) is 17.6 Å². The summed E-state index contributed by atoms with van der Waals surface area (Å²) in [7, 11) is 0. The third-order valence-electron chi connectivity index (χ3n) is 3.86. The van der Waals surface area contributed by atoms with E-state index in [4.69, 9.17) is 4.74 Å². The lowest BCUT2D eigenvalue weighted by atomic mass is 10.1. The van der Waals surface area contributed by atoms with Crippen molar-refractivity contribution >= 4 is 16.7 Å². The van der Waals surface area contributed by atoms with Crippen LogP contribution in [0.5, 0.6) is 0 Å². The molecule has 1 aromatic carbocycles. The maximum Gasteiger partial charge on any atom is 0.330 e. The first-order valence-electron chi connectivity index (χ1n) is 7.81. The minimum absolute atomic E-state index is 0.239. The van der Waals surface area contributed by atoms with E-state index in [1.807, 2.05) is 0 Å². The first-order valence-corrected chi connectivity index (χ1v) is 7.81. The van der Waals surface area contributed by atoms with Crippen molar-refractivity contribution in [2.75, 3.05) is 6.61 Å². The number of alkyl halides is 4. The minimum Gasteiger partial charge on any atom is -0.370 e. The summed E-state index contributed by atoms with van der Waals surface area (Å²) in [4.78, 5) is 8.62. The predicted molar refractivity (Wildman–Crippen MR) is 86.5 cm³/mol. The SMILES string of the molecule is FC(F)C(F)(F)COCc1cccc(-c2nc3c4cn[nH]c4ncn3n2)c1. The van der Waals surface area contributed by atoms with Gasteiger partial charge < -0.3 is 4.74 Å². The van der Waals surface area contributed by atoms with Crippen molar-refractivity contribution in [3.05, 3.63) is 42.4 Å². The average Bonchev–Trinajstić information content (AvgIpc) is 3.27. The minimum atomic E-state index is -4.18. The Morgan fingerprint density at radius 1 is 1.26 bits per heavy atom. The molecule has 7 nitrogen and oxygen atoms in total. The molecule has 0 spiro atoms. The molecule has 0 saturated carbocycles. The van der Waals surface area contributed by atoms with E-state index in [0.29, 0.717) is 33.6 Å². The van der Waals surface area contributed by atoms with Gasteiger partial charge in [-0.05, 0) is 11.6 Å². The maximum atomic E-state index is 12.9. The molecule has 11 heteroatoms. The van der Waals surface area contributed by atoms with Crippen LogP contribution in [-0.2, 0) is 11.3 Å². The molecule has 27 heavy (non-hydrogen) atoms. The summed E-state index contributed by atoms with van der Waals surface area (Å²) in [5.74, 6) is -3.78. The molecule has 0 aliphatic carbocycles. The summed E-state index contributed by atoms with van der Waals surface area (Å²) < 4.78 is 56.4. The lowest BCUT2D eigenvalue weighted by Gasteiger charge is -2.15.